The summed E-state index contributed by atoms with van der Waals surface area (Å²) in [4.78, 5) is 24.1. The van der Waals surface area contributed by atoms with Crippen molar-refractivity contribution < 1.29 is 9.59 Å². The lowest BCUT2D eigenvalue weighted by Crippen LogP contribution is -2.09. The fraction of sp³-hybridized carbons (Fsp3) is 0.214. The van der Waals surface area contributed by atoms with Crippen molar-refractivity contribution in [3.63, 3.8) is 0 Å². The van der Waals surface area contributed by atoms with Gasteiger partial charge < -0.3 is 0 Å². The van der Waals surface area contributed by atoms with Gasteiger partial charge in [-0.1, -0.05) is 23.7 Å². The van der Waals surface area contributed by atoms with Gasteiger partial charge in [0.05, 0.1) is 22.7 Å². The highest BCUT2D eigenvalue weighted by Gasteiger charge is 2.18. The molecule has 0 fully saturated rings. The zero-order valence-corrected chi connectivity index (χ0v) is 11.4. The minimum Gasteiger partial charge on any atom is -0.294 e. The Kier molecular flexibility index (Phi) is 3.81. The van der Waals surface area contributed by atoms with Gasteiger partial charge in [-0.05, 0) is 19.1 Å². The Hall–Kier alpha value is -1.94. The lowest BCUT2D eigenvalue weighted by Gasteiger charge is -2.02. The van der Waals surface area contributed by atoms with E-state index in [1.165, 1.54) is 0 Å². The van der Waals surface area contributed by atoms with E-state index in [0.29, 0.717) is 21.8 Å². The first-order valence-corrected chi connectivity index (χ1v) is 6.18. The van der Waals surface area contributed by atoms with E-state index in [-0.39, 0.29) is 18.0 Å². The molecule has 98 valence electrons. The Bertz CT molecular complexity index is 647. The summed E-state index contributed by atoms with van der Waals surface area (Å²) in [6.45, 7) is 1.74. The van der Waals surface area contributed by atoms with Crippen molar-refractivity contribution in [2.24, 2.45) is 7.05 Å². The van der Waals surface area contributed by atoms with E-state index < -0.39 is 0 Å². The maximum Gasteiger partial charge on any atom is 0.174 e. The van der Waals surface area contributed by atoms with Crippen LogP contribution in [0.25, 0.3) is 0 Å². The molecule has 19 heavy (non-hydrogen) atoms. The summed E-state index contributed by atoms with van der Waals surface area (Å²) in [6, 6.07) is 6.72. The fourth-order valence-electron chi connectivity index (χ4n) is 1.90. The second-order valence-electron chi connectivity index (χ2n) is 4.30. The van der Waals surface area contributed by atoms with Crippen molar-refractivity contribution in [2.45, 2.75) is 13.3 Å². The highest BCUT2D eigenvalue weighted by Crippen LogP contribution is 2.18. The molecule has 0 saturated carbocycles. The number of benzene rings is 1. The molecule has 1 aromatic heterocycles. The zero-order valence-electron chi connectivity index (χ0n) is 10.7. The molecule has 0 N–H and O–H groups in total. The topological polar surface area (TPSA) is 52.0 Å². The van der Waals surface area contributed by atoms with Crippen LogP contribution in [-0.4, -0.2) is 21.3 Å². The molecule has 0 bridgehead atoms. The van der Waals surface area contributed by atoms with Crippen LogP contribution in [0, 0.1) is 6.92 Å². The SMILES string of the molecule is Cc1nn(C)cc1C(=O)CC(=O)c1ccccc1Cl. The van der Waals surface area contributed by atoms with E-state index >= 15 is 0 Å². The van der Waals surface area contributed by atoms with Gasteiger partial charge in [0.2, 0.25) is 0 Å². The molecule has 0 aliphatic carbocycles. The van der Waals surface area contributed by atoms with Crippen LogP contribution in [0.2, 0.25) is 5.02 Å². The Morgan fingerprint density at radius 1 is 1.21 bits per heavy atom. The van der Waals surface area contributed by atoms with Crippen molar-refractivity contribution in [3.05, 3.63) is 52.3 Å². The summed E-state index contributed by atoms with van der Waals surface area (Å²) < 4.78 is 1.56. The molecular weight excluding hydrogens is 264 g/mol. The van der Waals surface area contributed by atoms with Gasteiger partial charge >= 0.3 is 0 Å². The minimum absolute atomic E-state index is 0.198. The third-order valence-corrected chi connectivity index (χ3v) is 3.14. The highest BCUT2D eigenvalue weighted by atomic mass is 35.5. The fourth-order valence-corrected chi connectivity index (χ4v) is 2.14. The molecular formula is C14H13ClN2O2. The number of nitrogens with zero attached hydrogens (tertiary/aromatic N) is 2. The zero-order chi connectivity index (χ0) is 14.0. The Balaban J connectivity index is 2.18. The van der Waals surface area contributed by atoms with Crippen molar-refractivity contribution in [1.82, 2.24) is 9.78 Å². The van der Waals surface area contributed by atoms with Gasteiger partial charge in [-0.3, -0.25) is 14.3 Å². The van der Waals surface area contributed by atoms with Crippen LogP contribution in [0.3, 0.4) is 0 Å². The van der Waals surface area contributed by atoms with Crippen LogP contribution in [0.5, 0.6) is 0 Å². The van der Waals surface area contributed by atoms with Crippen LogP contribution in [-0.2, 0) is 7.05 Å². The molecule has 1 heterocycles. The van der Waals surface area contributed by atoms with Crippen molar-refractivity contribution >= 4 is 23.2 Å². The van der Waals surface area contributed by atoms with Gasteiger partial charge in [0.15, 0.2) is 11.6 Å². The number of carbonyl (C=O) groups excluding carboxylic acids is 2. The van der Waals surface area contributed by atoms with Gasteiger partial charge in [0, 0.05) is 18.8 Å². The van der Waals surface area contributed by atoms with Crippen molar-refractivity contribution in [3.8, 4) is 0 Å². The molecule has 0 saturated heterocycles. The van der Waals surface area contributed by atoms with Crippen LogP contribution in [0.1, 0.15) is 32.8 Å². The second-order valence-corrected chi connectivity index (χ2v) is 4.71. The summed E-state index contributed by atoms with van der Waals surface area (Å²) in [5.74, 6) is -0.519. The third kappa shape index (κ3) is 2.90. The van der Waals surface area contributed by atoms with Crippen LogP contribution in [0.4, 0.5) is 0 Å². The van der Waals surface area contributed by atoms with Crippen LogP contribution in [0.15, 0.2) is 30.5 Å². The molecule has 0 aliphatic rings. The first kappa shape index (κ1) is 13.5. The molecule has 4 nitrogen and oxygen atoms in total. The monoisotopic (exact) mass is 276 g/mol. The third-order valence-electron chi connectivity index (χ3n) is 2.81. The molecule has 2 rings (SSSR count). The van der Waals surface area contributed by atoms with E-state index in [9.17, 15) is 9.59 Å². The Morgan fingerprint density at radius 3 is 2.42 bits per heavy atom. The predicted molar refractivity (Wildman–Crippen MR) is 72.7 cm³/mol. The van der Waals surface area contributed by atoms with E-state index in [0.717, 1.165) is 0 Å². The van der Waals surface area contributed by atoms with Gasteiger partial charge in [-0.15, -0.1) is 0 Å². The standard InChI is InChI=1S/C14H13ClN2O2/c1-9-11(8-17(2)16-9)14(19)7-13(18)10-5-3-4-6-12(10)15/h3-6,8H,7H2,1-2H3. The average Bonchev–Trinajstić information content (AvgIpc) is 2.69. The quantitative estimate of drug-likeness (QED) is 0.637. The molecule has 0 spiro atoms. The van der Waals surface area contributed by atoms with Crippen molar-refractivity contribution in [2.75, 3.05) is 0 Å². The normalized spacial score (nSPS) is 10.5. The van der Waals surface area contributed by atoms with E-state index in [4.69, 9.17) is 11.6 Å². The highest BCUT2D eigenvalue weighted by molar-refractivity contribution is 6.34. The second kappa shape index (κ2) is 5.36. The first-order chi connectivity index (χ1) is 8.99. The maximum atomic E-state index is 12.1. The van der Waals surface area contributed by atoms with E-state index in [2.05, 4.69) is 5.10 Å². The minimum atomic E-state index is -0.279. The summed E-state index contributed by atoms with van der Waals surface area (Å²) >= 11 is 5.94. The molecule has 0 radical (unpaired) electrons. The Morgan fingerprint density at radius 2 is 1.84 bits per heavy atom. The van der Waals surface area contributed by atoms with Gasteiger partial charge in [-0.25, -0.2) is 0 Å². The Labute approximate surface area is 116 Å². The van der Waals surface area contributed by atoms with Crippen LogP contribution >= 0.6 is 11.6 Å². The van der Waals surface area contributed by atoms with Crippen molar-refractivity contribution in [1.29, 1.82) is 0 Å². The summed E-state index contributed by atoms with van der Waals surface area (Å²) in [5, 5.41) is 4.45. The van der Waals surface area contributed by atoms with Gasteiger partial charge in [0.25, 0.3) is 0 Å². The smallest absolute Gasteiger partial charge is 0.174 e. The summed E-state index contributed by atoms with van der Waals surface area (Å²) in [5.41, 5.74) is 1.47. The molecule has 1 aromatic carbocycles. The number of halogens is 1. The number of hydrogen-bond acceptors (Lipinski definition) is 3. The molecule has 0 atom stereocenters. The van der Waals surface area contributed by atoms with Gasteiger partial charge in [-0.2, -0.15) is 5.10 Å². The first-order valence-electron chi connectivity index (χ1n) is 5.80. The number of hydrogen-bond donors (Lipinski definition) is 0. The number of rotatable bonds is 4. The van der Waals surface area contributed by atoms with Crippen LogP contribution < -0.4 is 0 Å². The number of carbonyl (C=O) groups is 2. The average molecular weight is 277 g/mol. The van der Waals surface area contributed by atoms with E-state index in [1.807, 2.05) is 0 Å². The lowest BCUT2D eigenvalue weighted by atomic mass is 10.0. The molecule has 0 amide bonds. The van der Waals surface area contributed by atoms with E-state index in [1.54, 1.807) is 49.1 Å². The maximum absolute atomic E-state index is 12.1. The number of aromatic nitrogens is 2. The molecule has 0 aliphatic heterocycles. The number of ketones is 2. The molecule has 2 aromatic rings. The molecule has 0 unspecified atom stereocenters. The summed E-state index contributed by atoms with van der Waals surface area (Å²) in [7, 11) is 1.74. The largest absolute Gasteiger partial charge is 0.294 e. The molecule has 5 heteroatoms. The number of Topliss-reactive ketones (excluding diaryl/α,β-unsaturated/α-hetero) is 2. The lowest BCUT2D eigenvalue weighted by molar-refractivity contribution is 0.0894. The van der Waals surface area contributed by atoms with Gasteiger partial charge in [0.1, 0.15) is 0 Å². The predicted octanol–water partition coefficient (Wildman–Crippen LogP) is 2.84. The number of aryl methyl sites for hydroxylation is 2. The summed E-state index contributed by atoms with van der Waals surface area (Å²) in [6.07, 6.45) is 1.42.